The second-order valence-electron chi connectivity index (χ2n) is 10.2. The molecule has 0 N–H and O–H groups in total. The molecule has 2 heterocycles. The average Bonchev–Trinajstić information content (AvgIpc) is 3.11. The Morgan fingerprint density at radius 3 is 2.31 bits per heavy atom. The molecule has 0 saturated heterocycles. The molecule has 0 bridgehead atoms. The minimum absolute atomic E-state index is 0.000211. The van der Waals surface area contributed by atoms with Gasteiger partial charge in [0.15, 0.2) is 4.80 Å². The molecule has 0 amide bonds. The number of rotatable bonds is 4. The molecule has 4 nitrogen and oxygen atoms in total. The highest BCUT2D eigenvalue weighted by Gasteiger charge is 2.32. The number of halogens is 1. The van der Waals surface area contributed by atoms with Crippen molar-refractivity contribution >= 4 is 34.7 Å². The van der Waals surface area contributed by atoms with Gasteiger partial charge in [-0.05, 0) is 66.2 Å². The first-order chi connectivity index (χ1) is 19.0. The van der Waals surface area contributed by atoms with Gasteiger partial charge < -0.3 is 4.90 Å². The first-order valence-electron chi connectivity index (χ1n) is 13.3. The minimum Gasteiger partial charge on any atom is -0.377 e. The standard InChI is InChI=1S/C33H30ClN3OS/c1-36(2)30(23-11-5-3-6-12-23)26-15-9-10-16-27-29(26)35-33-37(31(27)24-13-7-4-8-14-24)32(38)28(39-33)21-22-17-19-25(34)20-18-22/h3-8,11-14,17-21,31H,9-10,15-16H2,1-2H3/b28-21-,30-26-. The molecule has 6 heteroatoms. The Morgan fingerprint density at radius 2 is 1.62 bits per heavy atom. The van der Waals surface area contributed by atoms with Gasteiger partial charge in [-0.2, -0.15) is 0 Å². The van der Waals surface area contributed by atoms with Crippen LogP contribution in [-0.4, -0.2) is 23.6 Å². The maximum absolute atomic E-state index is 14.0. The van der Waals surface area contributed by atoms with Crippen molar-refractivity contribution in [2.45, 2.75) is 31.7 Å². The van der Waals surface area contributed by atoms with E-state index in [4.69, 9.17) is 16.6 Å². The normalized spacial score (nSPS) is 18.6. The molecule has 0 saturated carbocycles. The van der Waals surface area contributed by atoms with Crippen molar-refractivity contribution in [2.75, 3.05) is 14.1 Å². The molecule has 0 radical (unpaired) electrons. The van der Waals surface area contributed by atoms with Crippen molar-refractivity contribution in [1.29, 1.82) is 0 Å². The Hall–Kier alpha value is -3.67. The Kier molecular flexibility index (Phi) is 7.11. The number of hydrogen-bond acceptors (Lipinski definition) is 4. The van der Waals surface area contributed by atoms with E-state index in [1.165, 1.54) is 33.7 Å². The van der Waals surface area contributed by atoms with E-state index >= 15 is 0 Å². The zero-order chi connectivity index (χ0) is 26.9. The van der Waals surface area contributed by atoms with Gasteiger partial charge in [-0.3, -0.25) is 9.36 Å². The molecular weight excluding hydrogens is 522 g/mol. The molecule has 1 unspecified atom stereocenters. The van der Waals surface area contributed by atoms with Crippen molar-refractivity contribution < 1.29 is 0 Å². The van der Waals surface area contributed by atoms with Crippen molar-refractivity contribution in [2.24, 2.45) is 4.99 Å². The highest BCUT2D eigenvalue weighted by atomic mass is 35.5. The SMILES string of the molecule is CN(C)/C(=C1/CCCCC2=C1N=c1s/c(=C\c3ccc(Cl)cc3)c(=O)n1C2c1ccccc1)c1ccccc1. The molecule has 6 rings (SSSR count). The summed E-state index contributed by atoms with van der Waals surface area (Å²) in [5, 5.41) is 0.677. The Bertz CT molecular complexity index is 1750. The second-order valence-corrected chi connectivity index (χ2v) is 11.7. The molecule has 2 aliphatic rings. The maximum Gasteiger partial charge on any atom is 0.271 e. The van der Waals surface area contributed by atoms with E-state index in [0.717, 1.165) is 47.3 Å². The van der Waals surface area contributed by atoms with Gasteiger partial charge in [0.05, 0.1) is 16.3 Å². The molecule has 3 aromatic carbocycles. The predicted molar refractivity (Wildman–Crippen MR) is 162 cm³/mol. The lowest BCUT2D eigenvalue weighted by molar-refractivity contribution is 0.571. The number of aromatic nitrogens is 1. The summed E-state index contributed by atoms with van der Waals surface area (Å²) in [7, 11) is 4.22. The fraction of sp³-hybridized carbons (Fsp3) is 0.212. The number of fused-ring (bicyclic) bond motifs is 1. The number of allylic oxidation sites excluding steroid dienone is 2. The summed E-state index contributed by atoms with van der Waals surface area (Å²) in [4.78, 5) is 22.2. The van der Waals surface area contributed by atoms with Gasteiger partial charge >= 0.3 is 0 Å². The Labute approximate surface area is 237 Å². The highest BCUT2D eigenvalue weighted by Crippen LogP contribution is 2.42. The van der Waals surface area contributed by atoms with Crippen LogP contribution in [0.25, 0.3) is 11.8 Å². The van der Waals surface area contributed by atoms with E-state index in [1.54, 1.807) is 0 Å². The Balaban J connectivity index is 1.65. The highest BCUT2D eigenvalue weighted by molar-refractivity contribution is 7.07. The number of nitrogens with zero attached hydrogens (tertiary/aromatic N) is 3. The minimum atomic E-state index is -0.183. The van der Waals surface area contributed by atoms with Crippen molar-refractivity contribution in [3.05, 3.63) is 143 Å². The fourth-order valence-corrected chi connectivity index (χ4v) is 6.85. The van der Waals surface area contributed by atoms with Crippen LogP contribution >= 0.6 is 22.9 Å². The second kappa shape index (κ2) is 10.8. The largest absolute Gasteiger partial charge is 0.377 e. The van der Waals surface area contributed by atoms with E-state index < -0.39 is 0 Å². The van der Waals surface area contributed by atoms with Gasteiger partial charge in [-0.15, -0.1) is 0 Å². The molecular formula is C33H30ClN3OS. The topological polar surface area (TPSA) is 37.6 Å². The van der Waals surface area contributed by atoms with E-state index in [0.29, 0.717) is 9.55 Å². The third-order valence-corrected chi connectivity index (χ3v) is 8.64. The summed E-state index contributed by atoms with van der Waals surface area (Å²) in [5.74, 6) is 0. The molecule has 1 aromatic heterocycles. The molecule has 0 fully saturated rings. The lowest BCUT2D eigenvalue weighted by atomic mass is 9.90. The number of thiazole rings is 1. The van der Waals surface area contributed by atoms with Crippen LogP contribution < -0.4 is 14.9 Å². The molecule has 39 heavy (non-hydrogen) atoms. The van der Waals surface area contributed by atoms with Gasteiger partial charge in [0, 0.05) is 30.4 Å². The quantitative estimate of drug-likeness (QED) is 0.294. The zero-order valence-corrected chi connectivity index (χ0v) is 23.7. The lowest BCUT2D eigenvalue weighted by Gasteiger charge is -2.29. The van der Waals surface area contributed by atoms with E-state index in [-0.39, 0.29) is 11.6 Å². The van der Waals surface area contributed by atoms with E-state index in [1.807, 2.05) is 41.0 Å². The summed E-state index contributed by atoms with van der Waals surface area (Å²) < 4.78 is 2.59. The monoisotopic (exact) mass is 551 g/mol. The molecule has 4 aromatic rings. The summed E-state index contributed by atoms with van der Waals surface area (Å²) >= 11 is 7.56. The molecule has 196 valence electrons. The van der Waals surface area contributed by atoms with Crippen LogP contribution in [-0.2, 0) is 0 Å². The van der Waals surface area contributed by atoms with Crippen LogP contribution in [0.3, 0.4) is 0 Å². The summed E-state index contributed by atoms with van der Waals surface area (Å²) in [6.07, 6.45) is 5.96. The average molecular weight is 552 g/mol. The van der Waals surface area contributed by atoms with Gasteiger partial charge in [0.2, 0.25) is 0 Å². The number of benzene rings is 3. The summed E-state index contributed by atoms with van der Waals surface area (Å²) in [6.45, 7) is 0. The van der Waals surface area contributed by atoms with Crippen molar-refractivity contribution in [1.82, 2.24) is 9.47 Å². The maximum atomic E-state index is 14.0. The third kappa shape index (κ3) is 4.93. The lowest BCUT2D eigenvalue weighted by Crippen LogP contribution is -2.38. The predicted octanol–water partition coefficient (Wildman–Crippen LogP) is 6.42. The molecule has 1 aliphatic carbocycles. The summed E-state index contributed by atoms with van der Waals surface area (Å²) in [5.41, 5.74) is 7.98. The van der Waals surface area contributed by atoms with E-state index in [2.05, 4.69) is 73.6 Å². The Morgan fingerprint density at radius 1 is 0.949 bits per heavy atom. The molecule has 1 aliphatic heterocycles. The van der Waals surface area contributed by atoms with Gasteiger partial charge in [-0.25, -0.2) is 4.99 Å². The van der Waals surface area contributed by atoms with Crippen LogP contribution in [0.15, 0.2) is 112 Å². The van der Waals surface area contributed by atoms with Gasteiger partial charge in [-0.1, -0.05) is 95.7 Å². The first-order valence-corrected chi connectivity index (χ1v) is 14.5. The number of hydrogen-bond donors (Lipinski definition) is 0. The smallest absolute Gasteiger partial charge is 0.271 e. The van der Waals surface area contributed by atoms with Crippen LogP contribution in [0.4, 0.5) is 0 Å². The van der Waals surface area contributed by atoms with Crippen molar-refractivity contribution in [3.63, 3.8) is 0 Å². The molecule has 1 atom stereocenters. The van der Waals surface area contributed by atoms with Crippen molar-refractivity contribution in [3.8, 4) is 0 Å². The van der Waals surface area contributed by atoms with Crippen LogP contribution in [0.5, 0.6) is 0 Å². The van der Waals surface area contributed by atoms with Crippen LogP contribution in [0, 0.1) is 0 Å². The third-order valence-electron chi connectivity index (χ3n) is 7.41. The van der Waals surface area contributed by atoms with Gasteiger partial charge in [0.1, 0.15) is 0 Å². The molecule has 0 spiro atoms. The van der Waals surface area contributed by atoms with E-state index in [9.17, 15) is 4.79 Å². The fourth-order valence-electron chi connectivity index (χ4n) is 5.72. The first kappa shape index (κ1) is 25.6. The van der Waals surface area contributed by atoms with Crippen LogP contribution in [0.1, 0.15) is 48.4 Å². The van der Waals surface area contributed by atoms with Gasteiger partial charge in [0.25, 0.3) is 5.56 Å². The zero-order valence-electron chi connectivity index (χ0n) is 22.1. The summed E-state index contributed by atoms with van der Waals surface area (Å²) in [6, 6.07) is 28.4. The van der Waals surface area contributed by atoms with Crippen LogP contribution in [0.2, 0.25) is 5.02 Å².